The number of rotatable bonds is 2. The van der Waals surface area contributed by atoms with Crippen LogP contribution in [-0.2, 0) is 0 Å². The Labute approximate surface area is 133 Å². The summed E-state index contributed by atoms with van der Waals surface area (Å²) >= 11 is 17.4. The molecule has 0 saturated carbocycles. The van der Waals surface area contributed by atoms with E-state index in [-0.39, 0.29) is 12.1 Å². The van der Waals surface area contributed by atoms with Crippen molar-refractivity contribution in [2.24, 2.45) is 0 Å². The van der Waals surface area contributed by atoms with E-state index in [9.17, 15) is 0 Å². The van der Waals surface area contributed by atoms with Gasteiger partial charge in [0.1, 0.15) is 0 Å². The van der Waals surface area contributed by atoms with Crippen molar-refractivity contribution in [3.8, 4) is 0 Å². The molecule has 5 heteroatoms. The summed E-state index contributed by atoms with van der Waals surface area (Å²) in [7, 11) is 0. The lowest BCUT2D eigenvalue weighted by atomic mass is 9.95. The Morgan fingerprint density at radius 3 is 1.65 bits per heavy atom. The Balaban J connectivity index is 1.99. The lowest BCUT2D eigenvalue weighted by molar-refractivity contribution is 0.554. The van der Waals surface area contributed by atoms with Crippen LogP contribution < -0.4 is 10.6 Å². The molecule has 1 aliphatic heterocycles. The molecule has 2 aromatic carbocycles. The first-order valence-corrected chi connectivity index (χ1v) is 7.38. The summed E-state index contributed by atoms with van der Waals surface area (Å²) in [5.41, 5.74) is 2.18. The number of benzene rings is 2. The fraction of sp³-hybridized carbons (Fsp3) is 0.133. The molecule has 0 bridgehead atoms. The minimum Gasteiger partial charge on any atom is -0.353 e. The maximum absolute atomic E-state index is 6.08. The third kappa shape index (κ3) is 2.75. The molecule has 2 N–H and O–H groups in total. The third-order valence-electron chi connectivity index (χ3n) is 3.32. The molecule has 102 valence electrons. The zero-order valence-corrected chi connectivity index (χ0v) is 12.8. The summed E-state index contributed by atoms with van der Waals surface area (Å²) in [5, 5.41) is 8.64. The van der Waals surface area contributed by atoms with Crippen molar-refractivity contribution in [1.29, 1.82) is 0 Å². The lowest BCUT2D eigenvalue weighted by Gasteiger charge is -2.20. The highest BCUT2D eigenvalue weighted by Gasteiger charge is 2.32. The van der Waals surface area contributed by atoms with Crippen molar-refractivity contribution >= 4 is 40.5 Å². The van der Waals surface area contributed by atoms with Gasteiger partial charge in [-0.05, 0) is 47.6 Å². The average molecular weight is 323 g/mol. The molecular weight excluding hydrogens is 311 g/mol. The van der Waals surface area contributed by atoms with E-state index >= 15 is 0 Å². The minimum absolute atomic E-state index is 0.0414. The van der Waals surface area contributed by atoms with Gasteiger partial charge in [0.15, 0.2) is 5.11 Å². The van der Waals surface area contributed by atoms with Gasteiger partial charge in [-0.25, -0.2) is 0 Å². The first-order chi connectivity index (χ1) is 9.63. The summed E-state index contributed by atoms with van der Waals surface area (Å²) in [4.78, 5) is 0. The van der Waals surface area contributed by atoms with E-state index in [4.69, 9.17) is 35.4 Å². The predicted octanol–water partition coefficient (Wildman–Crippen LogP) is 4.25. The van der Waals surface area contributed by atoms with Gasteiger partial charge in [-0.3, -0.25) is 0 Å². The van der Waals surface area contributed by atoms with E-state index in [1.807, 2.05) is 48.5 Å². The van der Waals surface area contributed by atoms with Crippen molar-refractivity contribution in [2.45, 2.75) is 12.1 Å². The van der Waals surface area contributed by atoms with Crippen molar-refractivity contribution in [2.75, 3.05) is 0 Å². The Bertz CT molecular complexity index is 604. The van der Waals surface area contributed by atoms with E-state index in [0.29, 0.717) is 15.2 Å². The smallest absolute Gasteiger partial charge is 0.167 e. The van der Waals surface area contributed by atoms with Crippen LogP contribution in [0.3, 0.4) is 0 Å². The topological polar surface area (TPSA) is 24.1 Å². The van der Waals surface area contributed by atoms with Crippen LogP contribution in [0.25, 0.3) is 0 Å². The Kier molecular flexibility index (Phi) is 3.83. The molecule has 0 aromatic heterocycles. The molecule has 0 amide bonds. The van der Waals surface area contributed by atoms with Crippen LogP contribution in [0.15, 0.2) is 48.5 Å². The molecule has 0 spiro atoms. The largest absolute Gasteiger partial charge is 0.353 e. The maximum atomic E-state index is 6.08. The van der Waals surface area contributed by atoms with E-state index in [1.165, 1.54) is 0 Å². The van der Waals surface area contributed by atoms with Crippen LogP contribution in [0.1, 0.15) is 23.2 Å². The second-order valence-electron chi connectivity index (χ2n) is 4.68. The molecular formula is C15H12Cl2N2S. The van der Waals surface area contributed by atoms with E-state index in [0.717, 1.165) is 11.1 Å². The number of hydrogen-bond acceptors (Lipinski definition) is 1. The summed E-state index contributed by atoms with van der Waals surface area (Å²) in [6.45, 7) is 0. The molecule has 2 atom stereocenters. The zero-order valence-electron chi connectivity index (χ0n) is 10.4. The van der Waals surface area contributed by atoms with Crippen molar-refractivity contribution in [3.05, 3.63) is 69.7 Å². The van der Waals surface area contributed by atoms with Crippen LogP contribution in [0.4, 0.5) is 0 Å². The van der Waals surface area contributed by atoms with Crippen LogP contribution in [0, 0.1) is 0 Å². The maximum Gasteiger partial charge on any atom is 0.167 e. The summed E-state index contributed by atoms with van der Waals surface area (Å²) in [5.74, 6) is 0. The Morgan fingerprint density at radius 2 is 1.25 bits per heavy atom. The average Bonchev–Trinajstić information content (AvgIpc) is 2.81. The minimum atomic E-state index is 0.0414. The van der Waals surface area contributed by atoms with E-state index in [2.05, 4.69) is 10.6 Å². The number of nitrogens with one attached hydrogen (secondary N) is 2. The highest BCUT2D eigenvalue weighted by atomic mass is 35.5. The SMILES string of the molecule is S=C1N[C@H](c2cccc(Cl)c2)[C@H](c2cccc(Cl)c2)N1. The fourth-order valence-electron chi connectivity index (χ4n) is 2.44. The molecule has 20 heavy (non-hydrogen) atoms. The summed E-state index contributed by atoms with van der Waals surface area (Å²) in [6.07, 6.45) is 0. The summed E-state index contributed by atoms with van der Waals surface area (Å²) in [6, 6.07) is 15.7. The van der Waals surface area contributed by atoms with Gasteiger partial charge in [0.2, 0.25) is 0 Å². The third-order valence-corrected chi connectivity index (χ3v) is 4.03. The van der Waals surface area contributed by atoms with Crippen molar-refractivity contribution in [1.82, 2.24) is 10.6 Å². The van der Waals surface area contributed by atoms with Gasteiger partial charge in [-0.15, -0.1) is 0 Å². The molecule has 2 nitrogen and oxygen atoms in total. The first-order valence-electron chi connectivity index (χ1n) is 6.21. The highest BCUT2D eigenvalue weighted by Crippen LogP contribution is 2.34. The second kappa shape index (κ2) is 5.60. The fourth-order valence-corrected chi connectivity index (χ4v) is 3.09. The van der Waals surface area contributed by atoms with E-state index < -0.39 is 0 Å². The van der Waals surface area contributed by atoms with Gasteiger partial charge in [-0.1, -0.05) is 47.5 Å². The van der Waals surface area contributed by atoms with Crippen LogP contribution >= 0.6 is 35.4 Å². The zero-order chi connectivity index (χ0) is 14.1. The molecule has 2 aromatic rings. The molecule has 0 unspecified atom stereocenters. The predicted molar refractivity (Wildman–Crippen MR) is 87.3 cm³/mol. The molecule has 1 saturated heterocycles. The standard InChI is InChI=1S/C15H12Cl2N2S/c16-11-5-1-3-9(7-11)13-14(19-15(20)18-13)10-4-2-6-12(17)8-10/h1-8,13-14H,(H2,18,19,20)/t13-,14+. The Hall–Kier alpha value is -1.29. The normalized spacial score (nSPS) is 21.4. The van der Waals surface area contributed by atoms with Crippen molar-refractivity contribution in [3.63, 3.8) is 0 Å². The molecule has 1 fully saturated rings. The van der Waals surface area contributed by atoms with Gasteiger partial charge in [0, 0.05) is 10.0 Å². The molecule has 1 aliphatic rings. The van der Waals surface area contributed by atoms with E-state index in [1.54, 1.807) is 0 Å². The number of hydrogen-bond donors (Lipinski definition) is 2. The quantitative estimate of drug-likeness (QED) is 0.808. The van der Waals surface area contributed by atoms with Crippen LogP contribution in [0.5, 0.6) is 0 Å². The van der Waals surface area contributed by atoms with Gasteiger partial charge < -0.3 is 10.6 Å². The van der Waals surface area contributed by atoms with Gasteiger partial charge in [0.05, 0.1) is 12.1 Å². The Morgan fingerprint density at radius 1 is 0.800 bits per heavy atom. The second-order valence-corrected chi connectivity index (χ2v) is 5.96. The monoisotopic (exact) mass is 322 g/mol. The highest BCUT2D eigenvalue weighted by molar-refractivity contribution is 7.80. The van der Waals surface area contributed by atoms with Gasteiger partial charge in [0.25, 0.3) is 0 Å². The number of thiocarbonyl (C=S) groups is 1. The van der Waals surface area contributed by atoms with Gasteiger partial charge in [-0.2, -0.15) is 0 Å². The van der Waals surface area contributed by atoms with Crippen LogP contribution in [-0.4, -0.2) is 5.11 Å². The molecule has 0 radical (unpaired) electrons. The summed E-state index contributed by atoms with van der Waals surface area (Å²) < 4.78 is 0. The van der Waals surface area contributed by atoms with Gasteiger partial charge >= 0.3 is 0 Å². The number of halogens is 2. The first kappa shape index (κ1) is 13.7. The van der Waals surface area contributed by atoms with Crippen LogP contribution in [0.2, 0.25) is 10.0 Å². The molecule has 0 aliphatic carbocycles. The lowest BCUT2D eigenvalue weighted by Crippen LogP contribution is -2.21. The molecule has 1 heterocycles. The van der Waals surface area contributed by atoms with Crippen molar-refractivity contribution < 1.29 is 0 Å². The molecule has 3 rings (SSSR count).